The number of carbonyl (C=O) groups excluding carboxylic acids is 1. The van der Waals surface area contributed by atoms with Crippen LogP contribution >= 0.6 is 0 Å². The molecule has 0 unspecified atom stereocenters. The molecule has 0 aliphatic carbocycles. The van der Waals surface area contributed by atoms with Crippen LogP contribution in [0.4, 0.5) is 0 Å². The molecule has 24 valence electrons. The molecule has 0 aliphatic heterocycles. The first-order chi connectivity index (χ1) is 1.73. The molecular weight excluding hydrogens is 228 g/mol. The Labute approximate surface area is 55.6 Å². The van der Waals surface area contributed by atoms with Crippen LogP contribution in [0.1, 0.15) is 6.92 Å². The molecule has 0 saturated carbocycles. The summed E-state index contributed by atoms with van der Waals surface area (Å²) >= 11 is 0.873. The van der Waals surface area contributed by atoms with E-state index in [0.717, 1.165) is 21.1 Å². The average molecular weight is 232 g/mol. The van der Waals surface area contributed by atoms with Crippen LogP contribution in [0.2, 0.25) is 0 Å². The topological polar surface area (TPSA) is 17.1 Å². The van der Waals surface area contributed by atoms with Gasteiger partial charge in [0.2, 0.25) is 0 Å². The maximum absolute atomic E-state index is 9.49. The normalized spacial score (nSPS) is 5.00. The number of hydrogen-bond donors (Lipinski definition) is 0. The van der Waals surface area contributed by atoms with Gasteiger partial charge in [-0.3, -0.25) is 0 Å². The molecule has 0 amide bonds. The second-order valence-electron chi connectivity index (χ2n) is 0.519. The molecule has 0 atom stereocenters. The summed E-state index contributed by atoms with van der Waals surface area (Å²) in [4.78, 5) is 9.49. The van der Waals surface area contributed by atoms with Crippen molar-refractivity contribution in [3.63, 3.8) is 0 Å². The Hall–Kier alpha value is 1.01. The summed E-state index contributed by atoms with van der Waals surface area (Å²) in [6.07, 6.45) is 0. The fourth-order valence-corrected chi connectivity index (χ4v) is 0. The third-order valence-electron chi connectivity index (χ3n) is 0. The Morgan fingerprint density at radius 3 is 1.80 bits per heavy atom. The monoisotopic (exact) mass is 232 g/mol. The fraction of sp³-hybridized carbons (Fsp3) is 0.500. The Balaban J connectivity index is 0. The van der Waals surface area contributed by atoms with Gasteiger partial charge >= 0.3 is 55.6 Å². The van der Waals surface area contributed by atoms with Crippen molar-refractivity contribution in [2.24, 2.45) is 0 Å². The van der Waals surface area contributed by atoms with Crippen molar-refractivity contribution in [1.29, 1.82) is 0 Å². The molecule has 0 heterocycles. The van der Waals surface area contributed by atoms with E-state index in [4.69, 9.17) is 0 Å². The number of carbonyl (C=O) groups is 1. The van der Waals surface area contributed by atoms with E-state index >= 15 is 0 Å². The van der Waals surface area contributed by atoms with Crippen molar-refractivity contribution >= 4 is 22.9 Å². The van der Waals surface area contributed by atoms with Crippen molar-refractivity contribution in [1.82, 2.24) is 0 Å². The van der Waals surface area contributed by atoms with E-state index in [0.29, 0.717) is 0 Å². The van der Waals surface area contributed by atoms with Gasteiger partial charge in [0.1, 0.15) is 0 Å². The fourth-order valence-electron chi connectivity index (χ4n) is 0. The van der Waals surface area contributed by atoms with E-state index in [1.165, 1.54) is 0 Å². The Morgan fingerprint density at radius 1 is 1.80 bits per heavy atom. The number of hydrogen-bond acceptors (Lipinski definition) is 1. The quantitative estimate of drug-likeness (QED) is 0.511. The summed E-state index contributed by atoms with van der Waals surface area (Å²) in [7, 11) is 0. The molecule has 0 aromatic rings. The van der Waals surface area contributed by atoms with Crippen molar-refractivity contribution in [2.75, 3.05) is 0 Å². The first kappa shape index (κ1) is 9.38. The minimum atomic E-state index is 0. The predicted molar refractivity (Wildman–Crippen MR) is 17.8 cm³/mol. The van der Waals surface area contributed by atoms with Crippen LogP contribution in [0.5, 0.6) is 0 Å². The van der Waals surface area contributed by atoms with Gasteiger partial charge in [0.25, 0.3) is 0 Å². The zero-order valence-corrected chi connectivity index (χ0v) is 5.57. The third kappa shape index (κ3) is 44.6. The Kier molecular flexibility index (Phi) is 9.39. The summed E-state index contributed by atoms with van der Waals surface area (Å²) in [6, 6.07) is 0. The standard InChI is InChI=1S/C2H3O.Li.Ta.H/c1-2-3;;;/h1H3;;;. The molecule has 0 rings (SSSR count). The van der Waals surface area contributed by atoms with Gasteiger partial charge in [0.15, 0.2) is 0 Å². The molecule has 0 N–H and O–H groups in total. The van der Waals surface area contributed by atoms with Gasteiger partial charge in [0.05, 0.1) is 0 Å². The molecule has 0 fully saturated rings. The summed E-state index contributed by atoms with van der Waals surface area (Å²) in [5, 5.41) is 0. The molecule has 5 heavy (non-hydrogen) atoms. The molecule has 0 aromatic carbocycles. The van der Waals surface area contributed by atoms with E-state index in [1.807, 2.05) is 0 Å². The molecule has 0 spiro atoms. The van der Waals surface area contributed by atoms with Crippen LogP contribution in [-0.4, -0.2) is 22.9 Å². The van der Waals surface area contributed by atoms with Gasteiger partial charge in [-0.05, 0) is 0 Å². The molecule has 0 bridgehead atoms. The van der Waals surface area contributed by atoms with Crippen LogP contribution in [-0.2, 0) is 25.9 Å². The molecule has 3 heteroatoms. The molecule has 0 saturated heterocycles. The SMILES string of the molecule is C[C](=O)[Ta].[LiH]. The van der Waals surface area contributed by atoms with Crippen LogP contribution in [0.25, 0.3) is 0 Å². The average Bonchev–Trinajstić information content (AvgIpc) is 0.811. The Morgan fingerprint density at radius 2 is 1.80 bits per heavy atom. The van der Waals surface area contributed by atoms with Crippen LogP contribution in [0, 0.1) is 0 Å². The summed E-state index contributed by atoms with van der Waals surface area (Å²) in [6.45, 7) is 1.58. The van der Waals surface area contributed by atoms with Gasteiger partial charge in [0, 0.05) is 0 Å². The summed E-state index contributed by atoms with van der Waals surface area (Å²) in [5.74, 6) is 0. The zero-order chi connectivity index (χ0) is 3.58. The van der Waals surface area contributed by atoms with Gasteiger partial charge in [-0.2, -0.15) is 0 Å². The van der Waals surface area contributed by atoms with E-state index in [-0.39, 0.29) is 22.9 Å². The van der Waals surface area contributed by atoms with Crippen molar-refractivity contribution in [2.45, 2.75) is 6.92 Å². The first-order valence-corrected chi connectivity index (χ1v) is 2.53. The number of rotatable bonds is 0. The van der Waals surface area contributed by atoms with Crippen LogP contribution in [0.3, 0.4) is 0 Å². The van der Waals surface area contributed by atoms with Crippen LogP contribution < -0.4 is 0 Å². The minimum absolute atomic E-state index is 0. The van der Waals surface area contributed by atoms with E-state index in [2.05, 4.69) is 0 Å². The third-order valence-corrected chi connectivity index (χ3v) is 0. The molecular formula is C2H4LiOTa. The second-order valence-corrected chi connectivity index (χ2v) is 2.78. The predicted octanol–water partition coefficient (Wildman–Crippen LogP) is -0.569. The van der Waals surface area contributed by atoms with Gasteiger partial charge < -0.3 is 0 Å². The first-order valence-electron chi connectivity index (χ1n) is 0.928. The molecule has 0 aliphatic rings. The van der Waals surface area contributed by atoms with Gasteiger partial charge in [-0.1, -0.05) is 0 Å². The van der Waals surface area contributed by atoms with Crippen LogP contribution in [0.15, 0.2) is 0 Å². The zero-order valence-electron chi connectivity index (χ0n) is 2.36. The van der Waals surface area contributed by atoms with E-state index in [9.17, 15) is 4.79 Å². The van der Waals surface area contributed by atoms with E-state index in [1.54, 1.807) is 6.92 Å². The summed E-state index contributed by atoms with van der Waals surface area (Å²) in [5.41, 5.74) is 0. The van der Waals surface area contributed by atoms with Gasteiger partial charge in [-0.25, -0.2) is 0 Å². The maximum atomic E-state index is 9.49. The molecule has 0 radical (unpaired) electrons. The van der Waals surface area contributed by atoms with Crippen molar-refractivity contribution < 1.29 is 25.9 Å². The van der Waals surface area contributed by atoms with Gasteiger partial charge in [-0.15, -0.1) is 0 Å². The Bertz CT molecular complexity index is 32.6. The van der Waals surface area contributed by atoms with Crippen molar-refractivity contribution in [3.8, 4) is 0 Å². The second kappa shape index (κ2) is 5.01. The summed E-state index contributed by atoms with van der Waals surface area (Å²) < 4.78 is 0.278. The van der Waals surface area contributed by atoms with E-state index < -0.39 is 0 Å². The molecule has 0 aromatic heterocycles. The molecule has 1 nitrogen and oxygen atoms in total. The van der Waals surface area contributed by atoms with Crippen molar-refractivity contribution in [3.05, 3.63) is 0 Å².